The summed E-state index contributed by atoms with van der Waals surface area (Å²) < 4.78 is 6.13. The Labute approximate surface area is 153 Å². The number of aromatic nitrogens is 1. The van der Waals surface area contributed by atoms with E-state index in [0.29, 0.717) is 17.1 Å². The first-order valence-corrected chi connectivity index (χ1v) is 8.73. The molecule has 0 aliphatic carbocycles. The molecule has 0 radical (unpaired) electrons. The lowest BCUT2D eigenvalue weighted by Crippen LogP contribution is -2.30. The van der Waals surface area contributed by atoms with E-state index in [2.05, 4.69) is 4.98 Å². The van der Waals surface area contributed by atoms with Crippen LogP contribution in [0.4, 0.5) is 0 Å². The van der Waals surface area contributed by atoms with Gasteiger partial charge in [-0.2, -0.15) is 0 Å². The van der Waals surface area contributed by atoms with E-state index in [0.717, 1.165) is 15.2 Å². The van der Waals surface area contributed by atoms with Gasteiger partial charge >= 0.3 is 5.97 Å². The number of benzene rings is 2. The van der Waals surface area contributed by atoms with Gasteiger partial charge in [-0.3, -0.25) is 4.79 Å². The molecule has 25 heavy (non-hydrogen) atoms. The number of hydrogen-bond donors (Lipinski definition) is 0. The number of hydrogen-bond acceptors (Lipinski definition) is 5. The Hall–Kier alpha value is -2.44. The average molecular weight is 375 g/mol. The molecule has 0 spiro atoms. The number of amides is 1. The van der Waals surface area contributed by atoms with Crippen molar-refractivity contribution in [3.05, 3.63) is 64.1 Å². The van der Waals surface area contributed by atoms with Gasteiger partial charge in [0.25, 0.3) is 5.91 Å². The predicted octanol–water partition coefficient (Wildman–Crippen LogP) is 3.77. The van der Waals surface area contributed by atoms with Crippen LogP contribution in [0.2, 0.25) is 5.02 Å². The SMILES string of the molecule is CN(Cc1nc2ccccc2s1)C(=O)COC(=O)c1cccc(Cl)c1. The van der Waals surface area contributed by atoms with E-state index in [1.54, 1.807) is 25.2 Å². The van der Waals surface area contributed by atoms with E-state index in [9.17, 15) is 9.59 Å². The molecular weight excluding hydrogens is 360 g/mol. The van der Waals surface area contributed by atoms with Crippen LogP contribution in [-0.4, -0.2) is 35.4 Å². The van der Waals surface area contributed by atoms with Gasteiger partial charge in [0.2, 0.25) is 0 Å². The summed E-state index contributed by atoms with van der Waals surface area (Å²) in [4.78, 5) is 30.1. The number of carbonyl (C=O) groups is 2. The number of esters is 1. The molecule has 1 amide bonds. The van der Waals surface area contributed by atoms with Crippen LogP contribution in [0, 0.1) is 0 Å². The molecule has 128 valence electrons. The molecule has 7 heteroatoms. The highest BCUT2D eigenvalue weighted by Gasteiger charge is 2.15. The van der Waals surface area contributed by atoms with E-state index in [4.69, 9.17) is 16.3 Å². The first-order valence-electron chi connectivity index (χ1n) is 7.54. The highest BCUT2D eigenvalue weighted by molar-refractivity contribution is 7.18. The van der Waals surface area contributed by atoms with Gasteiger partial charge in [0.05, 0.1) is 22.3 Å². The Balaban J connectivity index is 1.56. The average Bonchev–Trinajstić information content (AvgIpc) is 3.01. The molecule has 0 saturated carbocycles. The number of likely N-dealkylation sites (N-methyl/N-ethyl adjacent to an activating group) is 1. The topological polar surface area (TPSA) is 59.5 Å². The van der Waals surface area contributed by atoms with E-state index < -0.39 is 5.97 Å². The Morgan fingerprint density at radius 3 is 2.76 bits per heavy atom. The second-order valence-corrected chi connectivity index (χ2v) is 6.96. The molecule has 3 aromatic rings. The van der Waals surface area contributed by atoms with Gasteiger partial charge in [0.1, 0.15) is 5.01 Å². The molecule has 0 saturated heterocycles. The minimum atomic E-state index is -0.579. The van der Waals surface area contributed by atoms with Crippen LogP contribution in [0.5, 0.6) is 0 Å². The molecule has 0 aliphatic heterocycles. The number of carbonyl (C=O) groups excluding carboxylic acids is 2. The molecule has 1 aromatic heterocycles. The molecule has 0 bridgehead atoms. The zero-order chi connectivity index (χ0) is 17.8. The molecule has 2 aromatic carbocycles. The van der Waals surface area contributed by atoms with E-state index >= 15 is 0 Å². The number of para-hydroxylation sites is 1. The van der Waals surface area contributed by atoms with Crippen molar-refractivity contribution in [2.24, 2.45) is 0 Å². The van der Waals surface area contributed by atoms with Crippen molar-refractivity contribution in [2.75, 3.05) is 13.7 Å². The van der Waals surface area contributed by atoms with Crippen molar-refractivity contribution in [1.29, 1.82) is 0 Å². The van der Waals surface area contributed by atoms with E-state index in [-0.39, 0.29) is 12.5 Å². The minimum Gasteiger partial charge on any atom is -0.452 e. The third-order valence-corrected chi connectivity index (χ3v) is 4.78. The lowest BCUT2D eigenvalue weighted by atomic mass is 10.2. The molecule has 5 nitrogen and oxygen atoms in total. The molecule has 0 aliphatic rings. The summed E-state index contributed by atoms with van der Waals surface area (Å²) in [5.41, 5.74) is 1.23. The number of ether oxygens (including phenoxy) is 1. The Bertz CT molecular complexity index is 892. The van der Waals surface area contributed by atoms with Gasteiger partial charge in [-0.05, 0) is 30.3 Å². The van der Waals surface area contributed by atoms with Crippen LogP contribution in [0.3, 0.4) is 0 Å². The lowest BCUT2D eigenvalue weighted by Gasteiger charge is -2.15. The van der Waals surface area contributed by atoms with Crippen LogP contribution < -0.4 is 0 Å². The van der Waals surface area contributed by atoms with Gasteiger partial charge in [-0.25, -0.2) is 9.78 Å². The predicted molar refractivity (Wildman–Crippen MR) is 97.8 cm³/mol. The second kappa shape index (κ2) is 7.63. The van der Waals surface area contributed by atoms with Gasteiger partial charge in [0, 0.05) is 12.1 Å². The standard InChI is InChI=1S/C18H15ClN2O3S/c1-21(10-16-20-14-7-2-3-8-15(14)25-16)17(22)11-24-18(23)12-5-4-6-13(19)9-12/h2-9H,10-11H2,1H3. The molecule has 0 N–H and O–H groups in total. The maximum atomic E-state index is 12.2. The molecule has 0 fully saturated rings. The Morgan fingerprint density at radius 1 is 1.20 bits per heavy atom. The molecule has 3 rings (SSSR count). The zero-order valence-corrected chi connectivity index (χ0v) is 15.0. The first kappa shape index (κ1) is 17.4. The Morgan fingerprint density at radius 2 is 2.00 bits per heavy atom. The van der Waals surface area contributed by atoms with E-state index in [1.807, 2.05) is 24.3 Å². The highest BCUT2D eigenvalue weighted by atomic mass is 35.5. The van der Waals surface area contributed by atoms with Crippen LogP contribution in [-0.2, 0) is 16.1 Å². The summed E-state index contributed by atoms with van der Waals surface area (Å²) in [7, 11) is 1.65. The zero-order valence-electron chi connectivity index (χ0n) is 13.4. The first-order chi connectivity index (χ1) is 12.0. The third kappa shape index (κ3) is 4.35. The second-order valence-electron chi connectivity index (χ2n) is 5.41. The van der Waals surface area contributed by atoms with Gasteiger partial charge in [-0.15, -0.1) is 11.3 Å². The van der Waals surface area contributed by atoms with E-state index in [1.165, 1.54) is 22.3 Å². The lowest BCUT2D eigenvalue weighted by molar-refractivity contribution is -0.133. The summed E-state index contributed by atoms with van der Waals surface area (Å²) >= 11 is 7.38. The minimum absolute atomic E-state index is 0.297. The van der Waals surface area contributed by atoms with Crippen LogP contribution in [0.1, 0.15) is 15.4 Å². The fourth-order valence-corrected chi connectivity index (χ4v) is 3.43. The van der Waals surface area contributed by atoms with Crippen molar-refractivity contribution in [3.63, 3.8) is 0 Å². The number of nitrogens with zero attached hydrogens (tertiary/aromatic N) is 2. The third-order valence-electron chi connectivity index (χ3n) is 3.52. The summed E-state index contributed by atoms with van der Waals surface area (Å²) in [6.07, 6.45) is 0. The number of fused-ring (bicyclic) bond motifs is 1. The van der Waals surface area contributed by atoms with Crippen LogP contribution in [0.15, 0.2) is 48.5 Å². The van der Waals surface area contributed by atoms with Crippen molar-refractivity contribution in [1.82, 2.24) is 9.88 Å². The van der Waals surface area contributed by atoms with Crippen molar-refractivity contribution in [2.45, 2.75) is 6.54 Å². The number of thiazole rings is 1. The molecule has 1 heterocycles. The van der Waals surface area contributed by atoms with Crippen molar-refractivity contribution >= 4 is 45.0 Å². The maximum Gasteiger partial charge on any atom is 0.338 e. The monoisotopic (exact) mass is 374 g/mol. The Kier molecular flexibility index (Phi) is 5.31. The summed E-state index contributed by atoms with van der Waals surface area (Å²) in [5.74, 6) is -0.876. The summed E-state index contributed by atoms with van der Waals surface area (Å²) in [6.45, 7) is 0.0413. The van der Waals surface area contributed by atoms with Crippen molar-refractivity contribution < 1.29 is 14.3 Å². The smallest absolute Gasteiger partial charge is 0.338 e. The normalized spacial score (nSPS) is 10.6. The number of rotatable bonds is 5. The van der Waals surface area contributed by atoms with Gasteiger partial charge in [-0.1, -0.05) is 29.8 Å². The van der Waals surface area contributed by atoms with Gasteiger partial charge in [0.15, 0.2) is 6.61 Å². The molecule has 0 atom stereocenters. The van der Waals surface area contributed by atoms with Crippen LogP contribution >= 0.6 is 22.9 Å². The summed E-state index contributed by atoms with van der Waals surface area (Å²) in [6, 6.07) is 14.2. The van der Waals surface area contributed by atoms with Crippen LogP contribution in [0.25, 0.3) is 10.2 Å². The van der Waals surface area contributed by atoms with Gasteiger partial charge < -0.3 is 9.64 Å². The summed E-state index contributed by atoms with van der Waals surface area (Å²) in [5, 5.41) is 1.27. The highest BCUT2D eigenvalue weighted by Crippen LogP contribution is 2.22. The van der Waals surface area contributed by atoms with Crippen molar-refractivity contribution in [3.8, 4) is 0 Å². The molecule has 0 unspecified atom stereocenters. The maximum absolute atomic E-state index is 12.2. The quantitative estimate of drug-likeness (QED) is 0.638. The number of halogens is 1. The molecular formula is C18H15ClN2O3S. The largest absolute Gasteiger partial charge is 0.452 e. The fourth-order valence-electron chi connectivity index (χ4n) is 2.21. The fraction of sp³-hybridized carbons (Fsp3) is 0.167.